The Hall–Kier alpha value is -4.06. The molecular formula is C17H14N8O3S. The molecule has 146 valence electrons. The molecule has 0 bridgehead atoms. The lowest BCUT2D eigenvalue weighted by Gasteiger charge is -2.07. The molecule has 0 atom stereocenters. The van der Waals surface area contributed by atoms with Crippen molar-refractivity contribution < 1.29 is 14.2 Å². The zero-order valence-electron chi connectivity index (χ0n) is 15.0. The second-order valence-corrected chi connectivity index (χ2v) is 6.60. The number of nitrogen functional groups attached to an aromatic ring is 1. The number of nitrogens with zero attached hydrogens (tertiary/aromatic N) is 6. The van der Waals surface area contributed by atoms with Crippen LogP contribution in [0.5, 0.6) is 5.75 Å². The number of rotatable bonds is 6. The number of hydrazone groups is 1. The van der Waals surface area contributed by atoms with Gasteiger partial charge in [0.25, 0.3) is 5.91 Å². The van der Waals surface area contributed by atoms with E-state index in [1.165, 1.54) is 22.2 Å². The molecule has 0 fully saturated rings. The molecule has 29 heavy (non-hydrogen) atoms. The van der Waals surface area contributed by atoms with Gasteiger partial charge >= 0.3 is 0 Å². The van der Waals surface area contributed by atoms with Gasteiger partial charge in [-0.1, -0.05) is 23.4 Å². The zero-order chi connectivity index (χ0) is 20.2. The maximum atomic E-state index is 12.7. The van der Waals surface area contributed by atoms with E-state index in [1.807, 2.05) is 17.5 Å². The van der Waals surface area contributed by atoms with Crippen molar-refractivity contribution >= 4 is 29.3 Å². The Labute approximate surface area is 167 Å². The Morgan fingerprint density at radius 2 is 2.24 bits per heavy atom. The topological polar surface area (TPSA) is 146 Å². The summed E-state index contributed by atoms with van der Waals surface area (Å²) >= 11 is 1.49. The monoisotopic (exact) mass is 410 g/mol. The van der Waals surface area contributed by atoms with Gasteiger partial charge in [-0.25, -0.2) is 10.1 Å². The van der Waals surface area contributed by atoms with Crippen LogP contribution in [0.1, 0.15) is 15.4 Å². The van der Waals surface area contributed by atoms with E-state index in [0.717, 1.165) is 4.88 Å². The molecule has 0 radical (unpaired) electrons. The van der Waals surface area contributed by atoms with E-state index in [0.29, 0.717) is 17.0 Å². The van der Waals surface area contributed by atoms with E-state index in [-0.39, 0.29) is 17.3 Å². The number of methoxy groups -OCH3 is 1. The third-order valence-electron chi connectivity index (χ3n) is 3.83. The summed E-state index contributed by atoms with van der Waals surface area (Å²) in [7, 11) is 1.54. The number of amides is 1. The second kappa shape index (κ2) is 7.90. The maximum absolute atomic E-state index is 12.7. The molecule has 0 spiro atoms. The van der Waals surface area contributed by atoms with Crippen molar-refractivity contribution in [2.75, 3.05) is 12.8 Å². The Balaban J connectivity index is 1.74. The minimum Gasteiger partial charge on any atom is -0.497 e. The Morgan fingerprint density at radius 3 is 2.97 bits per heavy atom. The molecule has 0 aliphatic heterocycles. The third kappa shape index (κ3) is 3.68. The summed E-state index contributed by atoms with van der Waals surface area (Å²) in [6, 6.07) is 10.8. The molecule has 0 unspecified atom stereocenters. The molecule has 3 N–H and O–H groups in total. The van der Waals surface area contributed by atoms with E-state index < -0.39 is 5.91 Å². The van der Waals surface area contributed by atoms with E-state index >= 15 is 0 Å². The Bertz CT molecular complexity index is 1170. The van der Waals surface area contributed by atoms with Crippen molar-refractivity contribution in [2.45, 2.75) is 0 Å². The van der Waals surface area contributed by atoms with Gasteiger partial charge in [0.1, 0.15) is 11.4 Å². The minimum atomic E-state index is -0.558. The highest BCUT2D eigenvalue weighted by atomic mass is 32.1. The molecule has 11 nitrogen and oxygen atoms in total. The fourth-order valence-corrected chi connectivity index (χ4v) is 3.11. The molecule has 3 aromatic heterocycles. The quantitative estimate of drug-likeness (QED) is 0.361. The van der Waals surface area contributed by atoms with Gasteiger partial charge in [0.2, 0.25) is 11.6 Å². The zero-order valence-corrected chi connectivity index (χ0v) is 15.8. The van der Waals surface area contributed by atoms with Crippen molar-refractivity contribution in [3.05, 3.63) is 52.3 Å². The van der Waals surface area contributed by atoms with E-state index in [9.17, 15) is 4.79 Å². The highest BCUT2D eigenvalue weighted by molar-refractivity contribution is 7.11. The predicted octanol–water partition coefficient (Wildman–Crippen LogP) is 1.73. The average Bonchev–Trinajstić information content (AvgIpc) is 3.48. The summed E-state index contributed by atoms with van der Waals surface area (Å²) in [6.07, 6.45) is 1.54. The number of anilines is 1. The number of hydrogen-bond acceptors (Lipinski definition) is 10. The molecule has 3 heterocycles. The molecule has 1 amide bonds. The smallest absolute Gasteiger partial charge is 0.294 e. The lowest BCUT2D eigenvalue weighted by atomic mass is 10.1. The van der Waals surface area contributed by atoms with Crippen LogP contribution < -0.4 is 15.9 Å². The predicted molar refractivity (Wildman–Crippen MR) is 105 cm³/mol. The number of ether oxygens (including phenoxy) is 1. The lowest BCUT2D eigenvalue weighted by molar-refractivity contribution is 0.0950. The van der Waals surface area contributed by atoms with Gasteiger partial charge in [-0.05, 0) is 33.9 Å². The van der Waals surface area contributed by atoms with Crippen LogP contribution in [-0.4, -0.2) is 44.5 Å². The van der Waals surface area contributed by atoms with Gasteiger partial charge in [-0.15, -0.1) is 16.4 Å². The molecule has 4 aromatic rings. The minimum absolute atomic E-state index is 0.00159. The van der Waals surface area contributed by atoms with Crippen molar-refractivity contribution in [3.63, 3.8) is 0 Å². The molecule has 0 saturated heterocycles. The largest absolute Gasteiger partial charge is 0.497 e. The summed E-state index contributed by atoms with van der Waals surface area (Å²) in [5.41, 5.74) is 9.19. The standard InChI is InChI=1S/C17H14N8O3S/c1-27-11-5-2-4-10(8-11)14-13(17(26)21-19-9-12-6-3-7-29-12)20-24-25(14)16-15(18)22-28-23-16/h2-9H,1H3,(H2,18,22)(H,21,26)/b19-9-. The fraction of sp³-hybridized carbons (Fsp3) is 0.0588. The molecule has 0 aliphatic carbocycles. The van der Waals surface area contributed by atoms with Crippen LogP contribution >= 0.6 is 11.3 Å². The number of hydrogen-bond donors (Lipinski definition) is 2. The molecule has 0 aliphatic rings. The van der Waals surface area contributed by atoms with Gasteiger partial charge < -0.3 is 10.5 Å². The van der Waals surface area contributed by atoms with Crippen LogP contribution in [0, 0.1) is 0 Å². The van der Waals surface area contributed by atoms with Crippen molar-refractivity contribution in [2.24, 2.45) is 5.10 Å². The fourth-order valence-electron chi connectivity index (χ4n) is 2.52. The van der Waals surface area contributed by atoms with Crippen LogP contribution in [0.2, 0.25) is 0 Å². The summed E-state index contributed by atoms with van der Waals surface area (Å²) in [4.78, 5) is 13.6. The first-order chi connectivity index (χ1) is 14.2. The number of aromatic nitrogens is 5. The molecule has 1 aromatic carbocycles. The Morgan fingerprint density at radius 1 is 1.34 bits per heavy atom. The van der Waals surface area contributed by atoms with Gasteiger partial charge in [0, 0.05) is 10.4 Å². The SMILES string of the molecule is COc1cccc(-c2c(C(=O)N/N=C\c3cccs3)nnn2-c2nonc2N)c1. The van der Waals surface area contributed by atoms with Crippen LogP contribution in [0.3, 0.4) is 0 Å². The number of thiophene rings is 1. The van der Waals surface area contributed by atoms with Gasteiger partial charge in [-0.2, -0.15) is 9.78 Å². The van der Waals surface area contributed by atoms with Gasteiger partial charge in [0.15, 0.2) is 5.69 Å². The summed E-state index contributed by atoms with van der Waals surface area (Å²) in [5.74, 6) is 0.138. The third-order valence-corrected chi connectivity index (χ3v) is 4.63. The van der Waals surface area contributed by atoms with Crippen LogP contribution in [-0.2, 0) is 0 Å². The molecule has 0 saturated carbocycles. The summed E-state index contributed by atoms with van der Waals surface area (Å²) in [6.45, 7) is 0. The second-order valence-electron chi connectivity index (χ2n) is 5.62. The Kier molecular flexibility index (Phi) is 4.99. The van der Waals surface area contributed by atoms with Gasteiger partial charge in [-0.3, -0.25) is 4.79 Å². The molecule has 4 rings (SSSR count). The molecular weight excluding hydrogens is 396 g/mol. The van der Waals surface area contributed by atoms with Crippen molar-refractivity contribution in [3.8, 4) is 22.8 Å². The first-order valence-electron chi connectivity index (χ1n) is 8.23. The number of benzene rings is 1. The lowest BCUT2D eigenvalue weighted by Crippen LogP contribution is -2.19. The highest BCUT2D eigenvalue weighted by Crippen LogP contribution is 2.28. The van der Waals surface area contributed by atoms with E-state index in [2.05, 4.69) is 35.8 Å². The van der Waals surface area contributed by atoms with Crippen LogP contribution in [0.15, 0.2) is 51.5 Å². The summed E-state index contributed by atoms with van der Waals surface area (Å²) in [5, 5.41) is 21.1. The molecule has 12 heteroatoms. The normalized spacial score (nSPS) is 11.1. The van der Waals surface area contributed by atoms with Crippen LogP contribution in [0.25, 0.3) is 17.1 Å². The highest BCUT2D eigenvalue weighted by Gasteiger charge is 2.25. The average molecular weight is 410 g/mol. The first-order valence-corrected chi connectivity index (χ1v) is 9.11. The number of carbonyl (C=O) groups excluding carboxylic acids is 1. The van der Waals surface area contributed by atoms with Crippen molar-refractivity contribution in [1.82, 2.24) is 30.7 Å². The van der Waals surface area contributed by atoms with Gasteiger partial charge in [0.05, 0.1) is 13.3 Å². The number of carbonyl (C=O) groups is 1. The summed E-state index contributed by atoms with van der Waals surface area (Å²) < 4.78 is 11.2. The van der Waals surface area contributed by atoms with E-state index in [1.54, 1.807) is 31.4 Å². The maximum Gasteiger partial charge on any atom is 0.294 e. The first kappa shape index (κ1) is 18.3. The van der Waals surface area contributed by atoms with E-state index in [4.69, 9.17) is 10.5 Å². The van der Waals surface area contributed by atoms with Crippen molar-refractivity contribution in [1.29, 1.82) is 0 Å². The number of nitrogens with one attached hydrogen (secondary N) is 1. The van der Waals surface area contributed by atoms with Crippen LogP contribution in [0.4, 0.5) is 5.82 Å². The number of nitrogens with two attached hydrogens (primary N) is 1.